The van der Waals surface area contributed by atoms with Crippen molar-refractivity contribution in [2.75, 3.05) is 25.4 Å². The Labute approximate surface area is 139 Å². The molecular weight excluding hydrogens is 300 g/mol. The second kappa shape index (κ2) is 7.11. The van der Waals surface area contributed by atoms with E-state index in [2.05, 4.69) is 33.4 Å². The summed E-state index contributed by atoms with van der Waals surface area (Å²) in [7, 11) is 0. The van der Waals surface area contributed by atoms with Gasteiger partial charge in [0.2, 0.25) is 5.91 Å². The second-order valence-corrected chi connectivity index (χ2v) is 8.32. The Morgan fingerprint density at radius 2 is 1.73 bits per heavy atom. The number of carbonyl (C=O) groups excluding carboxylic acids is 2. The van der Waals surface area contributed by atoms with E-state index in [-0.39, 0.29) is 23.5 Å². The molecule has 1 rings (SSSR count). The number of hydrogen-bond acceptors (Lipinski definition) is 4. The van der Waals surface area contributed by atoms with Gasteiger partial charge in [-0.15, -0.1) is 0 Å². The summed E-state index contributed by atoms with van der Waals surface area (Å²) in [5, 5.41) is 0. The van der Waals surface area contributed by atoms with E-state index in [4.69, 9.17) is 4.74 Å². The number of piperazine rings is 1. The maximum absolute atomic E-state index is 12.3. The van der Waals surface area contributed by atoms with Gasteiger partial charge in [-0.3, -0.25) is 4.79 Å². The second-order valence-electron chi connectivity index (χ2n) is 7.87. The molecule has 0 bridgehead atoms. The first kappa shape index (κ1) is 19.1. The van der Waals surface area contributed by atoms with Crippen molar-refractivity contribution in [1.29, 1.82) is 0 Å². The Morgan fingerprint density at radius 1 is 1.14 bits per heavy atom. The normalized spacial score (nSPS) is 20.0. The molecule has 1 atom stereocenters. The van der Waals surface area contributed by atoms with Crippen LogP contribution in [0.1, 0.15) is 48.0 Å². The highest BCUT2D eigenvalue weighted by Crippen LogP contribution is 2.29. The molecule has 5 nitrogen and oxygen atoms in total. The van der Waals surface area contributed by atoms with Crippen LogP contribution in [-0.2, 0) is 9.53 Å². The SMILES string of the molecule is CC(C)(C)OC(=O)N1CCN(C(=O)CCS)C(C(C)(C)C)C1. The topological polar surface area (TPSA) is 49.9 Å². The van der Waals surface area contributed by atoms with E-state index in [9.17, 15) is 9.59 Å². The van der Waals surface area contributed by atoms with Crippen molar-refractivity contribution in [3.05, 3.63) is 0 Å². The van der Waals surface area contributed by atoms with E-state index in [1.54, 1.807) is 4.90 Å². The van der Waals surface area contributed by atoms with E-state index in [1.165, 1.54) is 0 Å². The minimum atomic E-state index is -0.507. The number of rotatable bonds is 2. The highest BCUT2D eigenvalue weighted by atomic mass is 32.1. The molecule has 2 amide bonds. The number of ether oxygens (including phenoxy) is 1. The molecule has 1 heterocycles. The van der Waals surface area contributed by atoms with Crippen LogP contribution < -0.4 is 0 Å². The van der Waals surface area contributed by atoms with Crippen molar-refractivity contribution in [3.63, 3.8) is 0 Å². The summed E-state index contributed by atoms with van der Waals surface area (Å²) in [5.74, 6) is 0.654. The average Bonchev–Trinajstić information content (AvgIpc) is 2.35. The lowest BCUT2D eigenvalue weighted by Crippen LogP contribution is -2.61. The number of thiol groups is 1. The number of hydrogen-bond donors (Lipinski definition) is 1. The van der Waals surface area contributed by atoms with E-state index in [0.29, 0.717) is 31.8 Å². The first-order valence-corrected chi connectivity index (χ1v) is 8.47. The van der Waals surface area contributed by atoms with Crippen molar-refractivity contribution in [1.82, 2.24) is 9.80 Å². The molecular formula is C16H30N2O3S. The molecule has 0 saturated carbocycles. The van der Waals surface area contributed by atoms with Crippen molar-refractivity contribution in [2.24, 2.45) is 5.41 Å². The summed E-state index contributed by atoms with van der Waals surface area (Å²) >= 11 is 4.15. The quantitative estimate of drug-likeness (QED) is 0.792. The smallest absolute Gasteiger partial charge is 0.410 e. The van der Waals surface area contributed by atoms with Crippen molar-refractivity contribution >= 4 is 24.6 Å². The first-order chi connectivity index (χ1) is 9.95. The van der Waals surface area contributed by atoms with Crippen LogP contribution in [0.4, 0.5) is 4.79 Å². The third-order valence-corrected chi connectivity index (χ3v) is 3.90. The Balaban J connectivity index is 2.84. The van der Waals surface area contributed by atoms with Crippen LogP contribution >= 0.6 is 12.6 Å². The van der Waals surface area contributed by atoms with Crippen LogP contribution in [0.3, 0.4) is 0 Å². The predicted molar refractivity (Wildman–Crippen MR) is 91.2 cm³/mol. The lowest BCUT2D eigenvalue weighted by atomic mass is 9.84. The fourth-order valence-electron chi connectivity index (χ4n) is 2.55. The molecule has 1 fully saturated rings. The molecule has 1 aliphatic heterocycles. The van der Waals surface area contributed by atoms with Gasteiger partial charge in [-0.2, -0.15) is 12.6 Å². The van der Waals surface area contributed by atoms with E-state index < -0.39 is 5.60 Å². The highest BCUT2D eigenvalue weighted by Gasteiger charge is 2.39. The average molecular weight is 330 g/mol. The van der Waals surface area contributed by atoms with Crippen LogP contribution in [0.5, 0.6) is 0 Å². The Hall–Kier alpha value is -0.910. The number of amides is 2. The first-order valence-electron chi connectivity index (χ1n) is 7.84. The number of nitrogens with zero attached hydrogens (tertiary/aromatic N) is 2. The zero-order valence-electron chi connectivity index (χ0n) is 14.7. The summed E-state index contributed by atoms with van der Waals surface area (Å²) < 4.78 is 5.45. The molecule has 0 radical (unpaired) electrons. The lowest BCUT2D eigenvalue weighted by molar-refractivity contribution is -0.139. The molecule has 1 saturated heterocycles. The van der Waals surface area contributed by atoms with Gasteiger partial charge >= 0.3 is 6.09 Å². The van der Waals surface area contributed by atoms with E-state index in [0.717, 1.165) is 0 Å². The largest absolute Gasteiger partial charge is 0.444 e. The molecule has 6 heteroatoms. The maximum atomic E-state index is 12.3. The van der Waals surface area contributed by atoms with E-state index >= 15 is 0 Å². The van der Waals surface area contributed by atoms with Gasteiger partial charge in [0.25, 0.3) is 0 Å². The fraction of sp³-hybridized carbons (Fsp3) is 0.875. The van der Waals surface area contributed by atoms with Crippen molar-refractivity contribution in [3.8, 4) is 0 Å². The van der Waals surface area contributed by atoms with Crippen LogP contribution in [0.15, 0.2) is 0 Å². The molecule has 0 N–H and O–H groups in total. The molecule has 0 aliphatic carbocycles. The molecule has 1 unspecified atom stereocenters. The predicted octanol–water partition coefficient (Wildman–Crippen LogP) is 2.80. The maximum Gasteiger partial charge on any atom is 0.410 e. The third kappa shape index (κ3) is 5.38. The third-order valence-electron chi connectivity index (χ3n) is 3.68. The van der Waals surface area contributed by atoms with Crippen LogP contribution in [0.25, 0.3) is 0 Å². The molecule has 128 valence electrons. The standard InChI is InChI=1S/C16H30N2O3S/c1-15(2,3)12-11-17(14(20)21-16(4,5)6)8-9-18(12)13(19)7-10-22/h12,22H,7-11H2,1-6H3. The molecule has 22 heavy (non-hydrogen) atoms. The van der Waals surface area contributed by atoms with Gasteiger partial charge in [0, 0.05) is 26.1 Å². The lowest BCUT2D eigenvalue weighted by Gasteiger charge is -2.47. The molecule has 0 aromatic heterocycles. The summed E-state index contributed by atoms with van der Waals surface area (Å²) in [6, 6.07) is -0.0128. The minimum absolute atomic E-state index is 0.0128. The van der Waals surface area contributed by atoms with Gasteiger partial charge in [-0.1, -0.05) is 20.8 Å². The Morgan fingerprint density at radius 3 is 2.18 bits per heavy atom. The fourth-order valence-corrected chi connectivity index (χ4v) is 2.75. The van der Waals surface area contributed by atoms with Crippen LogP contribution in [0, 0.1) is 5.41 Å². The van der Waals surface area contributed by atoms with Crippen LogP contribution in [0.2, 0.25) is 0 Å². The molecule has 0 aromatic rings. The van der Waals surface area contributed by atoms with Gasteiger partial charge in [0.05, 0.1) is 6.04 Å². The molecule has 0 aromatic carbocycles. The van der Waals surface area contributed by atoms with Gasteiger partial charge in [-0.25, -0.2) is 4.79 Å². The number of carbonyl (C=O) groups is 2. The summed E-state index contributed by atoms with van der Waals surface area (Å²) in [5.41, 5.74) is -0.611. The van der Waals surface area contributed by atoms with Crippen molar-refractivity contribution in [2.45, 2.75) is 59.6 Å². The summed E-state index contributed by atoms with van der Waals surface area (Å²) in [4.78, 5) is 28.2. The summed E-state index contributed by atoms with van der Waals surface area (Å²) in [6.07, 6.45) is 0.130. The Kier molecular flexibility index (Phi) is 6.18. The van der Waals surface area contributed by atoms with Crippen LogP contribution in [-0.4, -0.2) is 58.8 Å². The zero-order chi connectivity index (χ0) is 17.1. The zero-order valence-corrected chi connectivity index (χ0v) is 15.6. The highest BCUT2D eigenvalue weighted by molar-refractivity contribution is 7.80. The Bertz CT molecular complexity index is 413. The molecule has 0 spiro atoms. The van der Waals surface area contributed by atoms with E-state index in [1.807, 2.05) is 25.7 Å². The van der Waals surface area contributed by atoms with Gasteiger partial charge in [0.15, 0.2) is 0 Å². The monoisotopic (exact) mass is 330 g/mol. The summed E-state index contributed by atoms with van der Waals surface area (Å²) in [6.45, 7) is 13.4. The van der Waals surface area contributed by atoms with Gasteiger partial charge in [-0.05, 0) is 31.9 Å². The van der Waals surface area contributed by atoms with Crippen molar-refractivity contribution < 1.29 is 14.3 Å². The molecule has 1 aliphatic rings. The minimum Gasteiger partial charge on any atom is -0.444 e. The van der Waals surface area contributed by atoms with Gasteiger partial charge in [0.1, 0.15) is 5.60 Å². The van der Waals surface area contributed by atoms with Gasteiger partial charge < -0.3 is 14.5 Å².